The number of rotatable bonds is 7. The van der Waals surface area contributed by atoms with Gasteiger partial charge >= 0.3 is 0 Å². The predicted molar refractivity (Wildman–Crippen MR) is 134 cm³/mol. The summed E-state index contributed by atoms with van der Waals surface area (Å²) in [6.07, 6.45) is 3.17. The van der Waals surface area contributed by atoms with Gasteiger partial charge in [0.05, 0.1) is 18.9 Å². The molecule has 166 valence electrons. The van der Waals surface area contributed by atoms with Crippen molar-refractivity contribution in [3.63, 3.8) is 0 Å². The number of hydrogen-bond acceptors (Lipinski definition) is 3. The van der Waals surface area contributed by atoms with Crippen molar-refractivity contribution in [3.8, 4) is 5.75 Å². The zero-order valence-electron chi connectivity index (χ0n) is 19.5. The van der Waals surface area contributed by atoms with Crippen molar-refractivity contribution in [1.29, 1.82) is 0 Å². The molecular formula is C28H33NO2Si. The fraction of sp³-hybridized carbons (Fsp3) is 0.286. The van der Waals surface area contributed by atoms with Gasteiger partial charge in [-0.15, -0.1) is 0 Å². The third kappa shape index (κ3) is 5.32. The van der Waals surface area contributed by atoms with Crippen LogP contribution in [-0.2, 0) is 11.0 Å². The molecule has 0 spiro atoms. The minimum atomic E-state index is -1.74. The second-order valence-electron chi connectivity index (χ2n) is 9.32. The van der Waals surface area contributed by atoms with Gasteiger partial charge in [-0.3, -0.25) is 4.90 Å². The Hall–Kier alpha value is -2.82. The lowest BCUT2D eigenvalue weighted by molar-refractivity contribution is 0.117. The second kappa shape index (κ2) is 9.76. The Labute approximate surface area is 193 Å². The summed E-state index contributed by atoms with van der Waals surface area (Å²) < 4.78 is 12.4. The Balaban J connectivity index is 1.83. The van der Waals surface area contributed by atoms with Crippen LogP contribution in [0.5, 0.6) is 5.75 Å². The van der Waals surface area contributed by atoms with Crippen molar-refractivity contribution in [1.82, 2.24) is 4.90 Å². The maximum atomic E-state index is 6.59. The van der Waals surface area contributed by atoms with Crippen molar-refractivity contribution in [2.24, 2.45) is 0 Å². The number of methoxy groups -OCH3 is 1. The van der Waals surface area contributed by atoms with Gasteiger partial charge in [-0.05, 0) is 42.9 Å². The first-order chi connectivity index (χ1) is 15.4. The topological polar surface area (TPSA) is 21.7 Å². The van der Waals surface area contributed by atoms with Crippen molar-refractivity contribution in [2.75, 3.05) is 7.11 Å². The number of para-hydroxylation sites is 1. The van der Waals surface area contributed by atoms with E-state index in [-0.39, 0.29) is 12.1 Å². The summed E-state index contributed by atoms with van der Waals surface area (Å²) in [5, 5.41) is 0. The van der Waals surface area contributed by atoms with Crippen LogP contribution in [0.1, 0.15) is 35.2 Å². The summed E-state index contributed by atoms with van der Waals surface area (Å²) in [7, 11) is 0.0153. The van der Waals surface area contributed by atoms with E-state index in [0.29, 0.717) is 0 Å². The van der Waals surface area contributed by atoms with Gasteiger partial charge in [0, 0.05) is 24.6 Å². The molecule has 0 fully saturated rings. The molecule has 0 saturated heterocycles. The molecule has 0 bridgehead atoms. The van der Waals surface area contributed by atoms with Gasteiger partial charge in [-0.1, -0.05) is 78.9 Å². The fourth-order valence-electron chi connectivity index (χ4n) is 4.48. The van der Waals surface area contributed by atoms with Crippen LogP contribution in [-0.4, -0.2) is 20.3 Å². The van der Waals surface area contributed by atoms with Crippen LogP contribution in [0.3, 0.4) is 0 Å². The lowest BCUT2D eigenvalue weighted by atomic mass is 9.90. The molecule has 3 nitrogen and oxygen atoms in total. The molecule has 1 heterocycles. The standard InChI is InChI=1S/C28H33NO2Si/c1-30-28-18-12-11-17-25(28)27-20-24(31-32(2,3)4)19-26(23-15-9-6-10-16-23)29(27)21-22-13-7-5-8-14-22/h5-19,26-27H,20-21H2,1-4H3/t26-,27+/m0/s1. The van der Waals surface area contributed by atoms with E-state index >= 15 is 0 Å². The largest absolute Gasteiger partial charge is 0.547 e. The molecule has 1 aliphatic rings. The molecule has 3 aromatic rings. The molecule has 0 saturated carbocycles. The molecule has 2 atom stereocenters. The quantitative estimate of drug-likeness (QED) is 0.363. The predicted octanol–water partition coefficient (Wildman–Crippen LogP) is 7.12. The normalized spacial score (nSPS) is 19.3. The van der Waals surface area contributed by atoms with Gasteiger partial charge in [-0.2, -0.15) is 0 Å². The van der Waals surface area contributed by atoms with Crippen LogP contribution in [0.15, 0.2) is 96.8 Å². The molecule has 4 heteroatoms. The van der Waals surface area contributed by atoms with Crippen LogP contribution in [0.2, 0.25) is 19.6 Å². The van der Waals surface area contributed by atoms with E-state index < -0.39 is 8.32 Å². The zero-order valence-corrected chi connectivity index (χ0v) is 20.5. The van der Waals surface area contributed by atoms with E-state index in [1.165, 1.54) is 16.7 Å². The van der Waals surface area contributed by atoms with E-state index in [9.17, 15) is 0 Å². The van der Waals surface area contributed by atoms with Crippen LogP contribution in [0.4, 0.5) is 0 Å². The van der Waals surface area contributed by atoms with Gasteiger partial charge in [0.1, 0.15) is 5.75 Å². The van der Waals surface area contributed by atoms with Crippen molar-refractivity contribution in [2.45, 2.75) is 44.7 Å². The van der Waals surface area contributed by atoms with Crippen LogP contribution in [0.25, 0.3) is 0 Å². The monoisotopic (exact) mass is 443 g/mol. The number of ether oxygens (including phenoxy) is 1. The molecule has 0 radical (unpaired) electrons. The molecule has 0 aromatic heterocycles. The summed E-state index contributed by atoms with van der Waals surface area (Å²) in [6.45, 7) is 7.60. The van der Waals surface area contributed by atoms with Crippen LogP contribution in [0, 0.1) is 0 Å². The molecular weight excluding hydrogens is 410 g/mol. The van der Waals surface area contributed by atoms with Gasteiger partial charge in [-0.25, -0.2) is 0 Å². The zero-order chi connectivity index (χ0) is 22.6. The molecule has 1 aliphatic heterocycles. The molecule has 0 unspecified atom stereocenters. The third-order valence-electron chi connectivity index (χ3n) is 5.78. The Kier molecular flexibility index (Phi) is 6.82. The van der Waals surface area contributed by atoms with Gasteiger partial charge < -0.3 is 9.16 Å². The highest BCUT2D eigenvalue weighted by Gasteiger charge is 2.36. The molecule has 0 N–H and O–H groups in total. The molecule has 0 amide bonds. The first-order valence-corrected chi connectivity index (χ1v) is 14.7. The van der Waals surface area contributed by atoms with Gasteiger partial charge in [0.2, 0.25) is 8.32 Å². The number of hydrogen-bond donors (Lipinski definition) is 0. The number of nitrogens with zero attached hydrogens (tertiary/aromatic N) is 1. The van der Waals surface area contributed by atoms with Gasteiger partial charge in [0.25, 0.3) is 0 Å². The smallest absolute Gasteiger partial charge is 0.241 e. The summed E-state index contributed by atoms with van der Waals surface area (Å²) in [4.78, 5) is 2.58. The summed E-state index contributed by atoms with van der Waals surface area (Å²) >= 11 is 0. The van der Waals surface area contributed by atoms with E-state index in [4.69, 9.17) is 9.16 Å². The average Bonchev–Trinajstić information content (AvgIpc) is 2.80. The Morgan fingerprint density at radius 2 is 1.47 bits per heavy atom. The average molecular weight is 444 g/mol. The fourth-order valence-corrected chi connectivity index (χ4v) is 5.42. The first-order valence-electron chi connectivity index (χ1n) is 11.3. The number of benzene rings is 3. The van der Waals surface area contributed by atoms with Gasteiger partial charge in [0.15, 0.2) is 0 Å². The lowest BCUT2D eigenvalue weighted by Gasteiger charge is -2.43. The highest BCUT2D eigenvalue weighted by Crippen LogP contribution is 2.45. The highest BCUT2D eigenvalue weighted by atomic mass is 28.4. The Bertz CT molecular complexity index is 1040. The van der Waals surface area contributed by atoms with E-state index in [2.05, 4.69) is 109 Å². The Morgan fingerprint density at radius 3 is 2.12 bits per heavy atom. The molecule has 4 rings (SSSR count). The van der Waals surface area contributed by atoms with Crippen molar-refractivity contribution >= 4 is 8.32 Å². The SMILES string of the molecule is COc1ccccc1[C@H]1CC(O[Si](C)(C)C)=C[C@@H](c2ccccc2)N1Cc1ccccc1. The van der Waals surface area contributed by atoms with Crippen LogP contribution < -0.4 is 4.74 Å². The minimum Gasteiger partial charge on any atom is -0.547 e. The van der Waals surface area contributed by atoms with Crippen molar-refractivity contribution in [3.05, 3.63) is 113 Å². The third-order valence-corrected chi connectivity index (χ3v) is 6.65. The Morgan fingerprint density at radius 1 is 0.844 bits per heavy atom. The first kappa shape index (κ1) is 22.4. The van der Waals surface area contributed by atoms with Crippen LogP contribution >= 0.6 is 0 Å². The summed E-state index contributed by atoms with van der Waals surface area (Å²) in [5.74, 6) is 2.02. The minimum absolute atomic E-state index is 0.117. The highest BCUT2D eigenvalue weighted by molar-refractivity contribution is 6.70. The van der Waals surface area contributed by atoms with Crippen molar-refractivity contribution < 1.29 is 9.16 Å². The maximum absolute atomic E-state index is 6.59. The maximum Gasteiger partial charge on any atom is 0.241 e. The van der Waals surface area contributed by atoms with E-state index in [1.54, 1.807) is 7.11 Å². The molecule has 3 aromatic carbocycles. The summed E-state index contributed by atoms with van der Waals surface area (Å²) in [6, 6.07) is 30.1. The molecule has 32 heavy (non-hydrogen) atoms. The summed E-state index contributed by atoms with van der Waals surface area (Å²) in [5.41, 5.74) is 3.78. The molecule has 0 aliphatic carbocycles. The van der Waals surface area contributed by atoms with E-state index in [0.717, 1.165) is 24.5 Å². The second-order valence-corrected chi connectivity index (χ2v) is 13.8. The lowest BCUT2D eigenvalue weighted by Crippen LogP contribution is -2.37. The van der Waals surface area contributed by atoms with E-state index in [1.807, 2.05) is 6.07 Å².